The van der Waals surface area contributed by atoms with Gasteiger partial charge in [-0.05, 0) is 48.2 Å². The lowest BCUT2D eigenvalue weighted by Crippen LogP contribution is -2.07. The Morgan fingerprint density at radius 2 is 1.84 bits per heavy atom. The Morgan fingerprint density at radius 3 is 2.44 bits per heavy atom. The largest absolute Gasteiger partial charge is 0.493 e. The van der Waals surface area contributed by atoms with Crippen molar-refractivity contribution in [2.45, 2.75) is 26.7 Å². The van der Waals surface area contributed by atoms with Crippen molar-refractivity contribution in [2.24, 2.45) is 4.99 Å². The van der Waals surface area contributed by atoms with Crippen LogP contribution in [0.1, 0.15) is 30.9 Å². The zero-order valence-electron chi connectivity index (χ0n) is 15.6. The number of hydrogen-bond donors (Lipinski definition) is 0. The van der Waals surface area contributed by atoms with Crippen LogP contribution in [-0.2, 0) is 0 Å². The molecule has 0 amide bonds. The summed E-state index contributed by atoms with van der Waals surface area (Å²) in [6, 6.07) is 9.51. The molecule has 0 saturated carbocycles. The zero-order chi connectivity index (χ0) is 18.6. The van der Waals surface area contributed by atoms with Crippen LogP contribution < -0.4 is 9.47 Å². The summed E-state index contributed by atoms with van der Waals surface area (Å²) >= 11 is 6.26. The van der Waals surface area contributed by atoms with Gasteiger partial charge in [0.2, 0.25) is 0 Å². The SMILES string of the molecule is COc1cc(N=CN(C)C)c(C)cc1Oc1ccc(Cl)c(C(C)C)c1. The average Bonchev–Trinajstić information content (AvgIpc) is 2.55. The number of rotatable bonds is 6. The predicted octanol–water partition coefficient (Wildman–Crippen LogP) is 5.79. The van der Waals surface area contributed by atoms with Gasteiger partial charge < -0.3 is 14.4 Å². The smallest absolute Gasteiger partial charge is 0.169 e. The quantitative estimate of drug-likeness (QED) is 0.482. The highest BCUT2D eigenvalue weighted by atomic mass is 35.5. The molecule has 4 nitrogen and oxygen atoms in total. The molecule has 2 aromatic rings. The lowest BCUT2D eigenvalue weighted by molar-refractivity contribution is 0.378. The van der Waals surface area contributed by atoms with Crippen molar-refractivity contribution in [3.8, 4) is 17.2 Å². The second kappa shape index (κ2) is 8.26. The second-order valence-electron chi connectivity index (χ2n) is 6.44. The van der Waals surface area contributed by atoms with Gasteiger partial charge >= 0.3 is 0 Å². The van der Waals surface area contributed by atoms with Gasteiger partial charge in [0.1, 0.15) is 5.75 Å². The Labute approximate surface area is 155 Å². The van der Waals surface area contributed by atoms with E-state index in [2.05, 4.69) is 18.8 Å². The Kier molecular flexibility index (Phi) is 6.32. The predicted molar refractivity (Wildman–Crippen MR) is 105 cm³/mol. The molecule has 0 aliphatic heterocycles. The van der Waals surface area contributed by atoms with E-state index in [1.165, 1.54) is 0 Å². The van der Waals surface area contributed by atoms with Crippen molar-refractivity contribution in [3.05, 3.63) is 46.5 Å². The van der Waals surface area contributed by atoms with Crippen LogP contribution in [0.15, 0.2) is 35.3 Å². The third-order valence-electron chi connectivity index (χ3n) is 3.73. The van der Waals surface area contributed by atoms with Gasteiger partial charge in [0.05, 0.1) is 19.1 Å². The lowest BCUT2D eigenvalue weighted by Gasteiger charge is -2.15. The molecule has 5 heteroatoms. The molecule has 0 bridgehead atoms. The van der Waals surface area contributed by atoms with Gasteiger partial charge in [0.15, 0.2) is 11.5 Å². The van der Waals surface area contributed by atoms with E-state index in [9.17, 15) is 0 Å². The minimum Gasteiger partial charge on any atom is -0.493 e. The van der Waals surface area contributed by atoms with E-state index in [0.29, 0.717) is 17.4 Å². The summed E-state index contributed by atoms with van der Waals surface area (Å²) in [7, 11) is 5.49. The molecule has 0 heterocycles. The highest BCUT2D eigenvalue weighted by Crippen LogP contribution is 2.38. The van der Waals surface area contributed by atoms with Crippen LogP contribution in [0.2, 0.25) is 5.02 Å². The summed E-state index contributed by atoms with van der Waals surface area (Å²) in [5.74, 6) is 2.34. The highest BCUT2D eigenvalue weighted by molar-refractivity contribution is 6.31. The second-order valence-corrected chi connectivity index (χ2v) is 6.85. The molecule has 0 atom stereocenters. The molecule has 2 rings (SSSR count). The first-order valence-corrected chi connectivity index (χ1v) is 8.56. The Bertz CT molecular complexity index is 771. The third kappa shape index (κ3) is 4.89. The maximum atomic E-state index is 6.26. The van der Waals surface area contributed by atoms with Gasteiger partial charge in [-0.25, -0.2) is 4.99 Å². The molecular weight excluding hydrogens is 336 g/mol. The number of aryl methyl sites for hydroxylation is 1. The van der Waals surface area contributed by atoms with Crippen molar-refractivity contribution >= 4 is 23.6 Å². The molecule has 0 N–H and O–H groups in total. The van der Waals surface area contributed by atoms with Crippen LogP contribution in [0.5, 0.6) is 17.2 Å². The molecule has 0 aliphatic carbocycles. The number of ether oxygens (including phenoxy) is 2. The summed E-state index contributed by atoms with van der Waals surface area (Å²) in [5, 5.41) is 0.749. The Hall–Kier alpha value is -2.20. The summed E-state index contributed by atoms with van der Waals surface area (Å²) < 4.78 is 11.5. The third-order valence-corrected chi connectivity index (χ3v) is 4.07. The van der Waals surface area contributed by atoms with E-state index in [1.54, 1.807) is 13.4 Å². The zero-order valence-corrected chi connectivity index (χ0v) is 16.4. The van der Waals surface area contributed by atoms with Gasteiger partial charge in [-0.15, -0.1) is 0 Å². The van der Waals surface area contributed by atoms with E-state index < -0.39 is 0 Å². The molecule has 0 fully saturated rings. The first kappa shape index (κ1) is 19.1. The molecule has 0 spiro atoms. The number of hydrogen-bond acceptors (Lipinski definition) is 3. The number of benzene rings is 2. The summed E-state index contributed by atoms with van der Waals surface area (Å²) in [5.41, 5.74) is 2.91. The average molecular weight is 361 g/mol. The van der Waals surface area contributed by atoms with Crippen LogP contribution in [0.4, 0.5) is 5.69 Å². The molecule has 0 aromatic heterocycles. The van der Waals surface area contributed by atoms with Crippen LogP contribution in [0, 0.1) is 6.92 Å². The van der Waals surface area contributed by atoms with E-state index in [-0.39, 0.29) is 0 Å². The standard InChI is InChI=1S/C20H25ClN2O2/c1-13(2)16-10-15(7-8-17(16)21)25-20-9-14(3)18(11-19(20)24-6)22-12-23(4)5/h7-13H,1-6H3. The lowest BCUT2D eigenvalue weighted by atomic mass is 10.0. The van der Waals surface area contributed by atoms with E-state index in [1.807, 2.05) is 56.3 Å². The van der Waals surface area contributed by atoms with Gasteiger partial charge in [-0.3, -0.25) is 0 Å². The topological polar surface area (TPSA) is 34.1 Å². The van der Waals surface area contributed by atoms with Crippen molar-refractivity contribution in [1.82, 2.24) is 4.90 Å². The minimum atomic E-state index is 0.322. The molecule has 0 unspecified atom stereocenters. The maximum absolute atomic E-state index is 6.26. The fourth-order valence-electron chi connectivity index (χ4n) is 2.36. The van der Waals surface area contributed by atoms with Gasteiger partial charge in [0.25, 0.3) is 0 Å². The van der Waals surface area contributed by atoms with Crippen LogP contribution >= 0.6 is 11.6 Å². The van der Waals surface area contributed by atoms with Crippen LogP contribution in [0.25, 0.3) is 0 Å². The number of aliphatic imine (C=N–C) groups is 1. The Balaban J connectivity index is 2.37. The summed E-state index contributed by atoms with van der Waals surface area (Å²) in [6.45, 7) is 6.20. The van der Waals surface area contributed by atoms with Gasteiger partial charge in [0, 0.05) is 25.2 Å². The molecule has 0 saturated heterocycles. The summed E-state index contributed by atoms with van der Waals surface area (Å²) in [4.78, 5) is 6.35. The van der Waals surface area contributed by atoms with E-state index in [4.69, 9.17) is 21.1 Å². The fraction of sp³-hybridized carbons (Fsp3) is 0.350. The number of methoxy groups -OCH3 is 1. The minimum absolute atomic E-state index is 0.322. The molecule has 134 valence electrons. The van der Waals surface area contributed by atoms with Crippen molar-refractivity contribution in [2.75, 3.05) is 21.2 Å². The van der Waals surface area contributed by atoms with Crippen molar-refractivity contribution in [3.63, 3.8) is 0 Å². The molecule has 2 aromatic carbocycles. The highest BCUT2D eigenvalue weighted by Gasteiger charge is 2.12. The molecular formula is C20H25ClN2O2. The first-order valence-electron chi connectivity index (χ1n) is 8.18. The van der Waals surface area contributed by atoms with Crippen molar-refractivity contribution < 1.29 is 9.47 Å². The number of halogens is 1. The van der Waals surface area contributed by atoms with Crippen molar-refractivity contribution in [1.29, 1.82) is 0 Å². The number of nitrogens with zero attached hydrogens (tertiary/aromatic N) is 2. The molecule has 25 heavy (non-hydrogen) atoms. The van der Waals surface area contributed by atoms with Crippen LogP contribution in [-0.4, -0.2) is 32.4 Å². The fourth-order valence-corrected chi connectivity index (χ4v) is 2.70. The van der Waals surface area contributed by atoms with E-state index >= 15 is 0 Å². The first-order chi connectivity index (χ1) is 11.8. The molecule has 0 radical (unpaired) electrons. The summed E-state index contributed by atoms with van der Waals surface area (Å²) in [6.07, 6.45) is 1.76. The monoisotopic (exact) mass is 360 g/mol. The Morgan fingerprint density at radius 1 is 1.12 bits per heavy atom. The van der Waals surface area contributed by atoms with E-state index in [0.717, 1.165) is 27.6 Å². The normalized spacial score (nSPS) is 11.2. The van der Waals surface area contributed by atoms with Gasteiger partial charge in [-0.1, -0.05) is 25.4 Å². The molecule has 0 aliphatic rings. The maximum Gasteiger partial charge on any atom is 0.169 e. The van der Waals surface area contributed by atoms with Crippen LogP contribution in [0.3, 0.4) is 0 Å². The van der Waals surface area contributed by atoms with Gasteiger partial charge in [-0.2, -0.15) is 0 Å².